The molecule has 102 valence electrons. The molecule has 0 aliphatic heterocycles. The second kappa shape index (κ2) is 4.95. The molecule has 0 aliphatic carbocycles. The molecule has 0 amide bonds. The lowest BCUT2D eigenvalue weighted by atomic mass is 10.1. The summed E-state index contributed by atoms with van der Waals surface area (Å²) in [5.74, 6) is 0. The van der Waals surface area contributed by atoms with E-state index < -0.39 is 11.7 Å². The maximum atomic E-state index is 12.5. The lowest BCUT2D eigenvalue weighted by Crippen LogP contribution is -2.03. The Morgan fingerprint density at radius 3 is 2.20 bits per heavy atom. The minimum Gasteiger partial charge on any atom is -0.242 e. The van der Waals surface area contributed by atoms with Gasteiger partial charge in [-0.2, -0.15) is 13.2 Å². The second-order valence-corrected chi connectivity index (χ2v) is 5.70. The Balaban J connectivity index is 1.90. The smallest absolute Gasteiger partial charge is 0.242 e. The van der Waals surface area contributed by atoms with E-state index in [0.29, 0.717) is 15.6 Å². The molecule has 2 heterocycles. The molecule has 2 aromatic heterocycles. The SMILES string of the molecule is FC(F)(F)c1ccc(-c2nnc(-c3nccs3)s2)cc1. The topological polar surface area (TPSA) is 38.7 Å². The average Bonchev–Trinajstić information content (AvgIpc) is 3.09. The Kier molecular flexibility index (Phi) is 3.27. The first-order valence-corrected chi connectivity index (χ1v) is 7.14. The molecule has 0 N–H and O–H groups in total. The van der Waals surface area contributed by atoms with E-state index in [1.165, 1.54) is 34.8 Å². The first-order chi connectivity index (χ1) is 9.54. The summed E-state index contributed by atoms with van der Waals surface area (Å²) in [5, 5.41) is 11.8. The van der Waals surface area contributed by atoms with Gasteiger partial charge < -0.3 is 0 Å². The zero-order valence-corrected chi connectivity index (χ0v) is 11.4. The minimum atomic E-state index is -4.33. The summed E-state index contributed by atoms with van der Waals surface area (Å²) < 4.78 is 37.4. The van der Waals surface area contributed by atoms with Gasteiger partial charge in [-0.1, -0.05) is 23.5 Å². The fraction of sp³-hybridized carbons (Fsp3) is 0.0833. The predicted molar refractivity (Wildman–Crippen MR) is 71.5 cm³/mol. The largest absolute Gasteiger partial charge is 0.416 e. The molecule has 1 aromatic carbocycles. The number of nitrogens with zero attached hydrogens (tertiary/aromatic N) is 3. The van der Waals surface area contributed by atoms with Crippen molar-refractivity contribution in [1.29, 1.82) is 0 Å². The molecule has 0 fully saturated rings. The van der Waals surface area contributed by atoms with Crippen LogP contribution in [0, 0.1) is 0 Å². The maximum Gasteiger partial charge on any atom is 0.416 e. The number of rotatable bonds is 2. The van der Waals surface area contributed by atoms with Crippen molar-refractivity contribution >= 4 is 22.7 Å². The van der Waals surface area contributed by atoms with Gasteiger partial charge in [-0.05, 0) is 12.1 Å². The standard InChI is InChI=1S/C12H6F3N3S2/c13-12(14,15)8-3-1-7(2-4-8)9-17-18-11(20-9)10-16-5-6-19-10/h1-6H. The summed E-state index contributed by atoms with van der Waals surface area (Å²) in [6.07, 6.45) is -2.66. The van der Waals surface area contributed by atoms with Crippen LogP contribution in [-0.4, -0.2) is 15.2 Å². The summed E-state index contributed by atoms with van der Waals surface area (Å²) in [6.45, 7) is 0. The number of hydrogen-bond acceptors (Lipinski definition) is 5. The van der Waals surface area contributed by atoms with Gasteiger partial charge in [0.1, 0.15) is 5.01 Å². The highest BCUT2D eigenvalue weighted by atomic mass is 32.1. The molecular weight excluding hydrogens is 307 g/mol. The highest BCUT2D eigenvalue weighted by Crippen LogP contribution is 2.33. The lowest BCUT2D eigenvalue weighted by Gasteiger charge is -2.06. The molecule has 0 saturated heterocycles. The Labute approximate surface area is 119 Å². The van der Waals surface area contributed by atoms with Gasteiger partial charge in [0.05, 0.1) is 5.56 Å². The molecule has 0 aliphatic rings. The van der Waals surface area contributed by atoms with Crippen LogP contribution in [0.25, 0.3) is 20.6 Å². The van der Waals surface area contributed by atoms with Crippen LogP contribution >= 0.6 is 22.7 Å². The van der Waals surface area contributed by atoms with Crippen LogP contribution in [0.5, 0.6) is 0 Å². The van der Waals surface area contributed by atoms with E-state index in [1.54, 1.807) is 6.20 Å². The van der Waals surface area contributed by atoms with Gasteiger partial charge in [0.15, 0.2) is 10.0 Å². The lowest BCUT2D eigenvalue weighted by molar-refractivity contribution is -0.137. The Morgan fingerprint density at radius 2 is 1.60 bits per heavy atom. The van der Waals surface area contributed by atoms with Gasteiger partial charge >= 0.3 is 6.18 Å². The Morgan fingerprint density at radius 1 is 0.900 bits per heavy atom. The first kappa shape index (κ1) is 13.2. The highest BCUT2D eigenvalue weighted by molar-refractivity contribution is 7.22. The molecule has 0 unspecified atom stereocenters. The van der Waals surface area contributed by atoms with Crippen molar-refractivity contribution in [3.63, 3.8) is 0 Å². The fourth-order valence-electron chi connectivity index (χ4n) is 1.56. The van der Waals surface area contributed by atoms with Gasteiger partial charge in [-0.3, -0.25) is 0 Å². The van der Waals surface area contributed by atoms with Crippen LogP contribution in [0.4, 0.5) is 13.2 Å². The van der Waals surface area contributed by atoms with Gasteiger partial charge in [0.25, 0.3) is 0 Å². The van der Waals surface area contributed by atoms with Crippen LogP contribution in [-0.2, 0) is 6.18 Å². The number of hydrogen-bond donors (Lipinski definition) is 0. The van der Waals surface area contributed by atoms with E-state index in [9.17, 15) is 13.2 Å². The van der Waals surface area contributed by atoms with E-state index in [-0.39, 0.29) is 0 Å². The van der Waals surface area contributed by atoms with Crippen LogP contribution in [0.1, 0.15) is 5.56 Å². The van der Waals surface area contributed by atoms with E-state index >= 15 is 0 Å². The zero-order valence-electron chi connectivity index (χ0n) is 9.76. The van der Waals surface area contributed by atoms with Crippen LogP contribution in [0.15, 0.2) is 35.8 Å². The summed E-state index contributed by atoms with van der Waals surface area (Å²) >= 11 is 2.74. The van der Waals surface area contributed by atoms with Crippen LogP contribution in [0.3, 0.4) is 0 Å². The molecule has 0 spiro atoms. The molecule has 3 nitrogen and oxygen atoms in total. The summed E-state index contributed by atoms with van der Waals surface area (Å²) in [7, 11) is 0. The van der Waals surface area contributed by atoms with Crippen molar-refractivity contribution in [2.75, 3.05) is 0 Å². The number of aromatic nitrogens is 3. The van der Waals surface area contributed by atoms with Crippen molar-refractivity contribution in [2.24, 2.45) is 0 Å². The van der Waals surface area contributed by atoms with Crippen molar-refractivity contribution in [3.8, 4) is 20.6 Å². The van der Waals surface area contributed by atoms with Gasteiger partial charge in [0, 0.05) is 17.1 Å². The first-order valence-electron chi connectivity index (χ1n) is 5.45. The number of benzene rings is 1. The fourth-order valence-corrected chi connectivity index (χ4v) is 3.08. The molecule has 8 heteroatoms. The van der Waals surface area contributed by atoms with Gasteiger partial charge in [0.2, 0.25) is 0 Å². The molecule has 0 bridgehead atoms. The molecule has 3 rings (SSSR count). The van der Waals surface area contributed by atoms with E-state index in [1.807, 2.05) is 5.38 Å². The number of halogens is 3. The zero-order chi connectivity index (χ0) is 14.2. The second-order valence-electron chi connectivity index (χ2n) is 3.82. The third-order valence-electron chi connectivity index (χ3n) is 2.50. The van der Waals surface area contributed by atoms with E-state index in [4.69, 9.17) is 0 Å². The third kappa shape index (κ3) is 2.56. The summed E-state index contributed by atoms with van der Waals surface area (Å²) in [5.41, 5.74) is -0.0655. The predicted octanol–water partition coefficient (Wildman–Crippen LogP) is 4.35. The maximum absolute atomic E-state index is 12.5. The molecule has 0 atom stereocenters. The molecule has 0 radical (unpaired) electrons. The van der Waals surface area contributed by atoms with Gasteiger partial charge in [-0.15, -0.1) is 21.5 Å². The van der Waals surface area contributed by atoms with Crippen LogP contribution < -0.4 is 0 Å². The molecule has 20 heavy (non-hydrogen) atoms. The Bertz CT molecular complexity index is 702. The van der Waals surface area contributed by atoms with E-state index in [0.717, 1.165) is 17.1 Å². The van der Waals surface area contributed by atoms with Crippen molar-refractivity contribution in [1.82, 2.24) is 15.2 Å². The number of thiazole rings is 1. The van der Waals surface area contributed by atoms with E-state index in [2.05, 4.69) is 15.2 Å². The highest BCUT2D eigenvalue weighted by Gasteiger charge is 2.30. The number of alkyl halides is 3. The molecule has 0 saturated carbocycles. The molecule has 3 aromatic rings. The third-order valence-corrected chi connectivity index (χ3v) is 4.39. The monoisotopic (exact) mass is 313 g/mol. The summed E-state index contributed by atoms with van der Waals surface area (Å²) in [6, 6.07) is 4.88. The van der Waals surface area contributed by atoms with Crippen molar-refractivity contribution in [2.45, 2.75) is 6.18 Å². The van der Waals surface area contributed by atoms with Crippen LogP contribution in [0.2, 0.25) is 0 Å². The van der Waals surface area contributed by atoms with Crippen molar-refractivity contribution in [3.05, 3.63) is 41.4 Å². The quantitative estimate of drug-likeness (QED) is 0.706. The molecular formula is C12H6F3N3S2. The normalized spacial score (nSPS) is 11.8. The minimum absolute atomic E-state index is 0.573. The Hall–Kier alpha value is -1.80. The van der Waals surface area contributed by atoms with Gasteiger partial charge in [-0.25, -0.2) is 4.98 Å². The summed E-state index contributed by atoms with van der Waals surface area (Å²) in [4.78, 5) is 4.12. The van der Waals surface area contributed by atoms with Crippen molar-refractivity contribution < 1.29 is 13.2 Å². The average molecular weight is 313 g/mol.